The van der Waals surface area contributed by atoms with Crippen molar-refractivity contribution in [3.8, 4) is 0 Å². The summed E-state index contributed by atoms with van der Waals surface area (Å²) in [6.45, 7) is 8.38. The average Bonchev–Trinajstić information content (AvgIpc) is 3.24. The largest absolute Gasteiger partial charge is 0.385 e. The molecule has 0 saturated heterocycles. The maximum absolute atomic E-state index is 13.6. The number of rotatable bonds is 12. The molecular weight excluding hydrogens is 438 g/mol. The molecule has 0 fully saturated rings. The van der Waals surface area contributed by atoms with Crippen LogP contribution in [-0.2, 0) is 27.3 Å². The van der Waals surface area contributed by atoms with Crippen molar-refractivity contribution in [1.29, 1.82) is 0 Å². The van der Waals surface area contributed by atoms with Gasteiger partial charge in [-0.2, -0.15) is 0 Å². The van der Waals surface area contributed by atoms with Crippen LogP contribution in [0.2, 0.25) is 0 Å². The summed E-state index contributed by atoms with van der Waals surface area (Å²) in [5.41, 5.74) is 3.22. The number of carbonyl (C=O) groups excluding carboxylic acids is 2. The second-order valence-corrected chi connectivity index (χ2v) is 10.3. The number of carbonyl (C=O) groups is 2. The highest BCUT2D eigenvalue weighted by molar-refractivity contribution is 5.85. The van der Waals surface area contributed by atoms with Gasteiger partial charge < -0.3 is 19.5 Å². The second-order valence-electron chi connectivity index (χ2n) is 10.3. The molecule has 0 unspecified atom stereocenters. The highest BCUT2D eigenvalue weighted by Gasteiger charge is 2.25. The summed E-state index contributed by atoms with van der Waals surface area (Å²) in [7, 11) is 1.65. The van der Waals surface area contributed by atoms with E-state index in [1.165, 1.54) is 10.9 Å². The molecule has 3 aromatic rings. The molecule has 0 aliphatic heterocycles. The first-order valence-electron chi connectivity index (χ1n) is 12.4. The van der Waals surface area contributed by atoms with E-state index in [1.54, 1.807) is 12.0 Å². The van der Waals surface area contributed by atoms with E-state index in [4.69, 9.17) is 4.74 Å². The first-order valence-corrected chi connectivity index (χ1v) is 12.4. The Morgan fingerprint density at radius 1 is 0.914 bits per heavy atom. The van der Waals surface area contributed by atoms with Crippen molar-refractivity contribution in [3.05, 3.63) is 71.9 Å². The van der Waals surface area contributed by atoms with E-state index in [1.807, 2.05) is 74.3 Å². The Morgan fingerprint density at radius 2 is 1.63 bits per heavy atom. The lowest BCUT2D eigenvalue weighted by Crippen LogP contribution is -2.44. The van der Waals surface area contributed by atoms with E-state index in [0.29, 0.717) is 39.1 Å². The molecular formula is C29H39N3O3. The normalized spacial score (nSPS) is 11.5. The van der Waals surface area contributed by atoms with E-state index < -0.39 is 0 Å². The fraction of sp³-hybridized carbons (Fsp3) is 0.448. The standard InChI is InChI=1S/C29H39N3O3/c1-29(2,3)19-27(33)31(16-10-18-35-4)22-28(34)32(21-23-11-6-5-7-12-23)17-15-24-20-30-26-14-9-8-13-25(24)26/h5-9,11-14,20,30H,10,15-19,21-22H2,1-4H3. The minimum absolute atomic E-state index is 0.0123. The van der Waals surface area contributed by atoms with Gasteiger partial charge in [-0.3, -0.25) is 9.59 Å². The van der Waals surface area contributed by atoms with Crippen LogP contribution in [0.4, 0.5) is 0 Å². The lowest BCUT2D eigenvalue weighted by atomic mass is 9.91. The number of hydrogen-bond donors (Lipinski definition) is 1. The second kappa shape index (κ2) is 12.5. The topological polar surface area (TPSA) is 65.6 Å². The van der Waals surface area contributed by atoms with Gasteiger partial charge >= 0.3 is 0 Å². The Balaban J connectivity index is 1.75. The van der Waals surface area contributed by atoms with Crippen molar-refractivity contribution in [2.75, 3.05) is 33.4 Å². The van der Waals surface area contributed by atoms with Crippen molar-refractivity contribution in [1.82, 2.24) is 14.8 Å². The highest BCUT2D eigenvalue weighted by Crippen LogP contribution is 2.21. The first kappa shape index (κ1) is 26.5. The van der Waals surface area contributed by atoms with Gasteiger partial charge in [-0.05, 0) is 35.4 Å². The van der Waals surface area contributed by atoms with Gasteiger partial charge in [0.2, 0.25) is 11.8 Å². The number of benzene rings is 2. The predicted molar refractivity (Wildman–Crippen MR) is 141 cm³/mol. The minimum Gasteiger partial charge on any atom is -0.385 e. The number of fused-ring (bicyclic) bond motifs is 1. The van der Waals surface area contributed by atoms with Crippen LogP contribution in [-0.4, -0.2) is 59.9 Å². The van der Waals surface area contributed by atoms with Crippen LogP contribution in [0, 0.1) is 5.41 Å². The zero-order chi connectivity index (χ0) is 25.3. The van der Waals surface area contributed by atoms with Crippen molar-refractivity contribution in [3.63, 3.8) is 0 Å². The molecule has 0 saturated carbocycles. The number of amides is 2. The molecule has 0 spiro atoms. The van der Waals surface area contributed by atoms with Gasteiger partial charge in [0, 0.05) is 56.9 Å². The summed E-state index contributed by atoms with van der Waals surface area (Å²) >= 11 is 0. The number of nitrogens with zero attached hydrogens (tertiary/aromatic N) is 2. The number of H-pyrrole nitrogens is 1. The summed E-state index contributed by atoms with van der Waals surface area (Å²) in [5.74, 6) is -0.0217. The van der Waals surface area contributed by atoms with Gasteiger partial charge in [-0.25, -0.2) is 0 Å². The van der Waals surface area contributed by atoms with Crippen LogP contribution in [0.25, 0.3) is 10.9 Å². The number of aromatic nitrogens is 1. The van der Waals surface area contributed by atoms with Gasteiger partial charge in [-0.1, -0.05) is 69.3 Å². The van der Waals surface area contributed by atoms with Crippen LogP contribution in [0.3, 0.4) is 0 Å². The van der Waals surface area contributed by atoms with Crippen molar-refractivity contribution in [2.45, 2.75) is 46.6 Å². The summed E-state index contributed by atoms with van der Waals surface area (Å²) in [5, 5.41) is 1.18. The Bertz CT molecular complexity index is 1090. The van der Waals surface area contributed by atoms with Crippen molar-refractivity contribution >= 4 is 22.7 Å². The van der Waals surface area contributed by atoms with Crippen LogP contribution in [0.15, 0.2) is 60.8 Å². The van der Waals surface area contributed by atoms with E-state index in [-0.39, 0.29) is 23.8 Å². The fourth-order valence-corrected chi connectivity index (χ4v) is 4.21. The zero-order valence-electron chi connectivity index (χ0n) is 21.5. The lowest BCUT2D eigenvalue weighted by molar-refractivity contribution is -0.142. The molecule has 1 aromatic heterocycles. The molecule has 35 heavy (non-hydrogen) atoms. The van der Waals surface area contributed by atoms with Gasteiger partial charge in [0.25, 0.3) is 0 Å². The number of para-hydroxylation sites is 1. The van der Waals surface area contributed by atoms with E-state index in [0.717, 1.165) is 17.5 Å². The van der Waals surface area contributed by atoms with Crippen LogP contribution in [0.5, 0.6) is 0 Å². The fourth-order valence-electron chi connectivity index (χ4n) is 4.21. The summed E-state index contributed by atoms with van der Waals surface area (Å²) in [6.07, 6.45) is 3.87. The molecule has 1 N–H and O–H groups in total. The first-order chi connectivity index (χ1) is 16.8. The molecule has 0 radical (unpaired) electrons. The Morgan fingerprint density at radius 3 is 2.34 bits per heavy atom. The zero-order valence-corrected chi connectivity index (χ0v) is 21.5. The molecule has 3 rings (SSSR count). The van der Waals surface area contributed by atoms with E-state index in [9.17, 15) is 9.59 Å². The number of ether oxygens (including phenoxy) is 1. The third-order valence-corrected chi connectivity index (χ3v) is 6.03. The van der Waals surface area contributed by atoms with Crippen LogP contribution >= 0.6 is 0 Å². The summed E-state index contributed by atoms with van der Waals surface area (Å²) in [6, 6.07) is 18.2. The monoisotopic (exact) mass is 477 g/mol. The molecule has 2 aromatic carbocycles. The third-order valence-electron chi connectivity index (χ3n) is 6.03. The predicted octanol–water partition coefficient (Wildman–Crippen LogP) is 5.04. The quantitative estimate of drug-likeness (QED) is 0.372. The van der Waals surface area contributed by atoms with Gasteiger partial charge in [-0.15, -0.1) is 0 Å². The number of methoxy groups -OCH3 is 1. The third kappa shape index (κ3) is 8.25. The average molecular weight is 478 g/mol. The summed E-state index contributed by atoms with van der Waals surface area (Å²) < 4.78 is 5.18. The van der Waals surface area contributed by atoms with Crippen LogP contribution < -0.4 is 0 Å². The smallest absolute Gasteiger partial charge is 0.242 e. The van der Waals surface area contributed by atoms with Gasteiger partial charge in [0.1, 0.15) is 0 Å². The number of hydrogen-bond acceptors (Lipinski definition) is 3. The molecule has 1 heterocycles. The lowest BCUT2D eigenvalue weighted by Gasteiger charge is -2.30. The Labute approximate surface area is 209 Å². The molecule has 0 bridgehead atoms. The molecule has 188 valence electrons. The maximum atomic E-state index is 13.6. The Kier molecular flexibility index (Phi) is 9.49. The molecule has 6 heteroatoms. The molecule has 0 atom stereocenters. The van der Waals surface area contributed by atoms with Gasteiger partial charge in [0.15, 0.2) is 0 Å². The van der Waals surface area contributed by atoms with Crippen molar-refractivity contribution < 1.29 is 14.3 Å². The molecule has 6 nitrogen and oxygen atoms in total. The SMILES string of the molecule is COCCCN(CC(=O)N(CCc1c[nH]c2ccccc12)Cc1ccccc1)C(=O)CC(C)(C)C. The Hall–Kier alpha value is -3.12. The molecule has 2 amide bonds. The summed E-state index contributed by atoms with van der Waals surface area (Å²) in [4.78, 5) is 33.6. The van der Waals surface area contributed by atoms with Crippen LogP contribution in [0.1, 0.15) is 44.7 Å². The van der Waals surface area contributed by atoms with E-state index >= 15 is 0 Å². The highest BCUT2D eigenvalue weighted by atomic mass is 16.5. The van der Waals surface area contributed by atoms with Crippen molar-refractivity contribution in [2.24, 2.45) is 5.41 Å². The molecule has 0 aliphatic rings. The van der Waals surface area contributed by atoms with E-state index in [2.05, 4.69) is 17.1 Å². The maximum Gasteiger partial charge on any atom is 0.242 e. The molecule has 0 aliphatic carbocycles. The van der Waals surface area contributed by atoms with Gasteiger partial charge in [0.05, 0.1) is 6.54 Å². The minimum atomic E-state index is -0.140. The number of nitrogens with one attached hydrogen (secondary N) is 1. The number of aromatic amines is 1.